The van der Waals surface area contributed by atoms with E-state index < -0.39 is 6.10 Å². The molecule has 0 aromatic heterocycles. The fraction of sp³-hybridized carbons (Fsp3) is 0.632. The van der Waals surface area contributed by atoms with E-state index >= 15 is 0 Å². The number of rotatable bonds is 7. The van der Waals surface area contributed by atoms with Gasteiger partial charge in [0, 0.05) is 6.61 Å². The van der Waals surface area contributed by atoms with Gasteiger partial charge in [0.25, 0.3) is 0 Å². The van der Waals surface area contributed by atoms with Crippen molar-refractivity contribution in [1.29, 1.82) is 0 Å². The van der Waals surface area contributed by atoms with Crippen LogP contribution in [0.3, 0.4) is 0 Å². The smallest absolute Gasteiger partial charge is 0.249 e. The average molecular weight is 319 g/mol. The van der Waals surface area contributed by atoms with E-state index in [0.717, 1.165) is 18.4 Å². The van der Waals surface area contributed by atoms with Gasteiger partial charge in [0.05, 0.1) is 12.1 Å². The second-order valence-electron chi connectivity index (χ2n) is 6.66. The van der Waals surface area contributed by atoms with Gasteiger partial charge in [-0.1, -0.05) is 50.1 Å². The molecule has 1 fully saturated rings. The first kappa shape index (κ1) is 18.0. The molecule has 1 aliphatic rings. The van der Waals surface area contributed by atoms with Crippen LogP contribution in [0.2, 0.25) is 0 Å². The molecule has 2 rings (SSSR count). The molecule has 0 saturated heterocycles. The Kier molecular flexibility index (Phi) is 7.06. The minimum absolute atomic E-state index is 0.0369. The summed E-state index contributed by atoms with van der Waals surface area (Å²) >= 11 is 0. The largest absolute Gasteiger partial charge is 0.396 e. The van der Waals surface area contributed by atoms with Crippen LogP contribution in [0, 0.1) is 5.92 Å². The van der Waals surface area contributed by atoms with Gasteiger partial charge in [-0.25, -0.2) is 0 Å². The Balaban J connectivity index is 1.90. The molecule has 4 atom stereocenters. The highest BCUT2D eigenvalue weighted by atomic mass is 16.5. The normalized spacial score (nSPS) is 24.0. The molecule has 0 spiro atoms. The molecule has 4 heteroatoms. The van der Waals surface area contributed by atoms with Crippen molar-refractivity contribution in [3.05, 3.63) is 35.9 Å². The third-order valence-electron chi connectivity index (χ3n) is 4.59. The van der Waals surface area contributed by atoms with Crippen LogP contribution in [0.15, 0.2) is 30.3 Å². The summed E-state index contributed by atoms with van der Waals surface area (Å²) in [4.78, 5) is 12.4. The molecule has 0 heterocycles. The number of nitrogens with one attached hydrogen (secondary N) is 1. The highest BCUT2D eigenvalue weighted by Gasteiger charge is 2.25. The lowest BCUT2D eigenvalue weighted by atomic mass is 9.88. The third-order valence-corrected chi connectivity index (χ3v) is 4.59. The predicted octanol–water partition coefficient (Wildman–Crippen LogP) is 3.21. The molecule has 4 nitrogen and oxygen atoms in total. The molecule has 1 aliphatic carbocycles. The minimum Gasteiger partial charge on any atom is -0.396 e. The Bertz CT molecular complexity index is 477. The van der Waals surface area contributed by atoms with Gasteiger partial charge in [-0.15, -0.1) is 0 Å². The number of hydrogen-bond acceptors (Lipinski definition) is 3. The maximum absolute atomic E-state index is 12.4. The first-order valence-electron chi connectivity index (χ1n) is 8.71. The van der Waals surface area contributed by atoms with Gasteiger partial charge in [0.15, 0.2) is 0 Å². The summed E-state index contributed by atoms with van der Waals surface area (Å²) < 4.78 is 5.96. The SMILES string of the molecule is CC1CCCC(OC(C)C(=O)NC(CCO)c2ccccc2)C1. The quantitative estimate of drug-likeness (QED) is 0.811. The maximum Gasteiger partial charge on any atom is 0.249 e. The van der Waals surface area contributed by atoms with Crippen molar-refractivity contribution in [3.8, 4) is 0 Å². The number of amides is 1. The summed E-state index contributed by atoms with van der Waals surface area (Å²) in [7, 11) is 0. The summed E-state index contributed by atoms with van der Waals surface area (Å²) in [6, 6.07) is 9.58. The Morgan fingerprint density at radius 1 is 1.35 bits per heavy atom. The third kappa shape index (κ3) is 5.63. The number of hydrogen-bond donors (Lipinski definition) is 2. The van der Waals surface area contributed by atoms with E-state index in [-0.39, 0.29) is 24.7 Å². The van der Waals surface area contributed by atoms with E-state index in [1.807, 2.05) is 37.3 Å². The van der Waals surface area contributed by atoms with Crippen LogP contribution in [-0.2, 0) is 9.53 Å². The first-order chi connectivity index (χ1) is 11.1. The summed E-state index contributed by atoms with van der Waals surface area (Å²) in [5.74, 6) is 0.570. The lowest BCUT2D eigenvalue weighted by Gasteiger charge is -2.29. The summed E-state index contributed by atoms with van der Waals surface area (Å²) in [5, 5.41) is 12.3. The van der Waals surface area contributed by atoms with Crippen LogP contribution >= 0.6 is 0 Å². The predicted molar refractivity (Wildman–Crippen MR) is 91.0 cm³/mol. The van der Waals surface area contributed by atoms with Crippen LogP contribution in [-0.4, -0.2) is 29.8 Å². The number of carbonyl (C=O) groups excluding carboxylic acids is 1. The van der Waals surface area contributed by atoms with Crippen molar-refractivity contribution in [2.45, 2.75) is 64.2 Å². The van der Waals surface area contributed by atoms with Crippen LogP contribution in [0.25, 0.3) is 0 Å². The van der Waals surface area contributed by atoms with Crippen molar-refractivity contribution in [1.82, 2.24) is 5.32 Å². The molecule has 0 radical (unpaired) electrons. The standard InChI is InChI=1S/C19H29NO3/c1-14-7-6-10-17(13-14)23-15(2)19(22)20-18(11-12-21)16-8-4-3-5-9-16/h3-5,8-9,14-15,17-18,21H,6-7,10-13H2,1-2H3,(H,20,22). The highest BCUT2D eigenvalue weighted by molar-refractivity contribution is 5.80. The van der Waals surface area contributed by atoms with Gasteiger partial charge < -0.3 is 15.2 Å². The van der Waals surface area contributed by atoms with E-state index in [1.54, 1.807) is 0 Å². The summed E-state index contributed by atoms with van der Waals surface area (Å²) in [6.45, 7) is 4.10. The molecule has 4 unspecified atom stereocenters. The van der Waals surface area contributed by atoms with E-state index in [1.165, 1.54) is 12.8 Å². The molecule has 1 aromatic rings. The van der Waals surface area contributed by atoms with E-state index in [9.17, 15) is 9.90 Å². The van der Waals surface area contributed by atoms with Gasteiger partial charge in [0.2, 0.25) is 5.91 Å². The molecule has 23 heavy (non-hydrogen) atoms. The van der Waals surface area contributed by atoms with E-state index in [2.05, 4.69) is 12.2 Å². The molecule has 1 saturated carbocycles. The molecule has 2 N–H and O–H groups in total. The second kappa shape index (κ2) is 9.04. The molecule has 128 valence electrons. The second-order valence-corrected chi connectivity index (χ2v) is 6.66. The fourth-order valence-corrected chi connectivity index (χ4v) is 3.28. The lowest BCUT2D eigenvalue weighted by Crippen LogP contribution is -2.40. The monoisotopic (exact) mass is 319 g/mol. The lowest BCUT2D eigenvalue weighted by molar-refractivity contribution is -0.138. The van der Waals surface area contributed by atoms with Gasteiger partial charge in [-0.05, 0) is 37.7 Å². The minimum atomic E-state index is -0.463. The van der Waals surface area contributed by atoms with E-state index in [4.69, 9.17) is 4.74 Å². The number of carbonyl (C=O) groups is 1. The van der Waals surface area contributed by atoms with Gasteiger partial charge in [-0.2, -0.15) is 0 Å². The van der Waals surface area contributed by atoms with Crippen LogP contribution in [0.5, 0.6) is 0 Å². The average Bonchev–Trinajstić information content (AvgIpc) is 2.55. The van der Waals surface area contributed by atoms with E-state index in [0.29, 0.717) is 12.3 Å². The number of ether oxygens (including phenoxy) is 1. The maximum atomic E-state index is 12.4. The zero-order valence-electron chi connectivity index (χ0n) is 14.2. The summed E-state index contributed by atoms with van der Waals surface area (Å²) in [5.41, 5.74) is 1.01. The van der Waals surface area contributed by atoms with Crippen molar-refractivity contribution in [2.75, 3.05) is 6.61 Å². The number of benzene rings is 1. The number of aliphatic hydroxyl groups excluding tert-OH is 1. The Hall–Kier alpha value is -1.39. The van der Waals surface area contributed by atoms with Crippen molar-refractivity contribution < 1.29 is 14.6 Å². The zero-order chi connectivity index (χ0) is 16.7. The first-order valence-corrected chi connectivity index (χ1v) is 8.71. The molecule has 1 amide bonds. The van der Waals surface area contributed by atoms with Crippen LogP contribution in [0.4, 0.5) is 0 Å². The Morgan fingerprint density at radius 2 is 2.09 bits per heavy atom. The van der Waals surface area contributed by atoms with Gasteiger partial charge in [-0.3, -0.25) is 4.79 Å². The number of aliphatic hydroxyl groups is 1. The van der Waals surface area contributed by atoms with Crippen molar-refractivity contribution in [2.24, 2.45) is 5.92 Å². The fourth-order valence-electron chi connectivity index (χ4n) is 3.28. The molecule has 0 aliphatic heterocycles. The van der Waals surface area contributed by atoms with Gasteiger partial charge >= 0.3 is 0 Å². The molecule has 1 aromatic carbocycles. The molecular formula is C19H29NO3. The van der Waals surface area contributed by atoms with Crippen molar-refractivity contribution in [3.63, 3.8) is 0 Å². The summed E-state index contributed by atoms with van der Waals surface area (Å²) in [6.07, 6.45) is 4.74. The van der Waals surface area contributed by atoms with Crippen molar-refractivity contribution >= 4 is 5.91 Å². The van der Waals surface area contributed by atoms with Crippen LogP contribution < -0.4 is 5.32 Å². The highest BCUT2D eigenvalue weighted by Crippen LogP contribution is 2.26. The van der Waals surface area contributed by atoms with Gasteiger partial charge in [0.1, 0.15) is 6.10 Å². The van der Waals surface area contributed by atoms with Crippen LogP contribution in [0.1, 0.15) is 57.6 Å². The zero-order valence-corrected chi connectivity index (χ0v) is 14.2. The Labute approximate surface area is 139 Å². The molecule has 0 bridgehead atoms. The Morgan fingerprint density at radius 3 is 2.74 bits per heavy atom. The topological polar surface area (TPSA) is 58.6 Å². The molecular weight excluding hydrogens is 290 g/mol.